The fourth-order valence-electron chi connectivity index (χ4n) is 2.87. The monoisotopic (exact) mass is 366 g/mol. The molecule has 3 rings (SSSR count). The lowest BCUT2D eigenvalue weighted by Gasteiger charge is -2.23. The van der Waals surface area contributed by atoms with Gasteiger partial charge in [0.25, 0.3) is 5.91 Å². The van der Waals surface area contributed by atoms with Crippen LogP contribution in [-0.2, 0) is 0 Å². The van der Waals surface area contributed by atoms with Crippen LogP contribution in [0.3, 0.4) is 0 Å². The van der Waals surface area contributed by atoms with Crippen LogP contribution in [0.2, 0.25) is 0 Å². The fraction of sp³-hybridized carbons (Fsp3) is 0.353. The zero-order valence-electron chi connectivity index (χ0n) is 14.0. The quantitative estimate of drug-likeness (QED) is 0.894. The number of halogens is 2. The van der Waals surface area contributed by atoms with Crippen molar-refractivity contribution in [1.29, 1.82) is 0 Å². The average Bonchev–Trinajstić information content (AvgIpc) is 3.09. The molecule has 0 saturated carbocycles. The lowest BCUT2D eigenvalue weighted by atomic mass is 10.2. The van der Waals surface area contributed by atoms with Crippen LogP contribution in [0.15, 0.2) is 35.1 Å². The van der Waals surface area contributed by atoms with Crippen molar-refractivity contribution >= 4 is 18.3 Å². The molecule has 25 heavy (non-hydrogen) atoms. The van der Waals surface area contributed by atoms with E-state index in [1.165, 1.54) is 21.7 Å². The molecule has 8 heteroatoms. The van der Waals surface area contributed by atoms with E-state index in [0.29, 0.717) is 12.2 Å². The summed E-state index contributed by atoms with van der Waals surface area (Å²) in [7, 11) is 1.66. The van der Waals surface area contributed by atoms with Crippen LogP contribution >= 0.6 is 12.4 Å². The minimum absolute atomic E-state index is 0. The van der Waals surface area contributed by atoms with Gasteiger partial charge in [-0.3, -0.25) is 9.59 Å². The smallest absolute Gasteiger partial charge is 0.278 e. The number of hydrogen-bond donors (Lipinski definition) is 1. The Kier molecular flexibility index (Phi) is 5.92. The van der Waals surface area contributed by atoms with E-state index < -0.39 is 17.2 Å². The third kappa shape index (κ3) is 3.72. The van der Waals surface area contributed by atoms with Gasteiger partial charge in [0.15, 0.2) is 5.69 Å². The Bertz CT molecular complexity index is 834. The molecule has 1 aliphatic heterocycles. The maximum atomic E-state index is 14.1. The van der Waals surface area contributed by atoms with E-state index in [9.17, 15) is 14.0 Å². The molecule has 1 fully saturated rings. The lowest BCUT2D eigenvalue weighted by Crippen LogP contribution is -2.41. The molecule has 2 heterocycles. The number of aryl methyl sites for hydroxylation is 1. The number of amides is 1. The summed E-state index contributed by atoms with van der Waals surface area (Å²) in [4.78, 5) is 26.4. The van der Waals surface area contributed by atoms with Crippen LogP contribution in [0.5, 0.6) is 0 Å². The summed E-state index contributed by atoms with van der Waals surface area (Å²) in [6.07, 6.45) is 0.829. The first kappa shape index (κ1) is 19.1. The Morgan fingerprint density at radius 3 is 2.76 bits per heavy atom. The van der Waals surface area contributed by atoms with Crippen molar-refractivity contribution in [1.82, 2.24) is 20.0 Å². The largest absolute Gasteiger partial charge is 0.336 e. The predicted octanol–water partition coefficient (Wildman–Crippen LogP) is 1.54. The first-order valence-corrected chi connectivity index (χ1v) is 7.83. The van der Waals surface area contributed by atoms with Crippen LogP contribution in [0.25, 0.3) is 5.69 Å². The van der Waals surface area contributed by atoms with Gasteiger partial charge in [0.1, 0.15) is 11.5 Å². The first-order chi connectivity index (χ1) is 11.5. The van der Waals surface area contributed by atoms with Crippen LogP contribution in [0.1, 0.15) is 22.6 Å². The number of likely N-dealkylation sites (N-methyl/N-ethyl adjacent to an activating group) is 1. The molecule has 6 nitrogen and oxygen atoms in total. The fourth-order valence-corrected chi connectivity index (χ4v) is 2.87. The van der Waals surface area contributed by atoms with Crippen molar-refractivity contribution in [2.75, 3.05) is 20.1 Å². The highest BCUT2D eigenvalue weighted by atomic mass is 35.5. The van der Waals surface area contributed by atoms with E-state index in [1.807, 2.05) is 0 Å². The van der Waals surface area contributed by atoms with Gasteiger partial charge in [0.05, 0.1) is 0 Å². The minimum atomic E-state index is -0.469. The zero-order chi connectivity index (χ0) is 17.3. The highest BCUT2D eigenvalue weighted by Gasteiger charge is 2.27. The summed E-state index contributed by atoms with van der Waals surface area (Å²) < 4.78 is 15.3. The van der Waals surface area contributed by atoms with Crippen LogP contribution in [-0.4, -0.2) is 46.8 Å². The molecule has 1 atom stereocenters. The first-order valence-electron chi connectivity index (χ1n) is 7.83. The van der Waals surface area contributed by atoms with E-state index in [0.717, 1.165) is 13.0 Å². The van der Waals surface area contributed by atoms with Gasteiger partial charge in [0.2, 0.25) is 5.43 Å². The highest BCUT2D eigenvalue weighted by molar-refractivity contribution is 5.92. The molecular weight excluding hydrogens is 347 g/mol. The molecule has 1 aromatic carbocycles. The number of rotatable bonds is 3. The average molecular weight is 367 g/mol. The van der Waals surface area contributed by atoms with Crippen molar-refractivity contribution < 1.29 is 9.18 Å². The van der Waals surface area contributed by atoms with E-state index in [1.54, 1.807) is 32.2 Å². The van der Waals surface area contributed by atoms with Gasteiger partial charge in [-0.2, -0.15) is 5.10 Å². The third-order valence-electron chi connectivity index (χ3n) is 4.29. The molecular formula is C17H20ClFN4O2. The Hall–Kier alpha value is -2.25. The number of nitrogens with one attached hydrogen (secondary N) is 1. The molecule has 1 aliphatic rings. The zero-order valence-corrected chi connectivity index (χ0v) is 14.8. The van der Waals surface area contributed by atoms with Crippen molar-refractivity contribution in [2.24, 2.45) is 0 Å². The number of carbonyl (C=O) groups is 1. The van der Waals surface area contributed by atoms with Crippen molar-refractivity contribution in [2.45, 2.75) is 19.4 Å². The molecule has 0 radical (unpaired) electrons. The van der Waals surface area contributed by atoms with Gasteiger partial charge in [-0.15, -0.1) is 12.4 Å². The summed E-state index contributed by atoms with van der Waals surface area (Å²) in [5.41, 5.74) is 0.0159. The summed E-state index contributed by atoms with van der Waals surface area (Å²) >= 11 is 0. The number of aromatic nitrogens is 2. The highest BCUT2D eigenvalue weighted by Crippen LogP contribution is 2.14. The van der Waals surface area contributed by atoms with Crippen molar-refractivity contribution in [3.05, 3.63) is 57.8 Å². The van der Waals surface area contributed by atoms with Gasteiger partial charge < -0.3 is 10.2 Å². The SMILES string of the molecule is Cc1cc(=O)c(C(=O)N(C)C2CCNC2)nn1-c1ccccc1F.Cl. The molecule has 0 bridgehead atoms. The number of carbonyl (C=O) groups excluding carboxylic acids is 1. The summed E-state index contributed by atoms with van der Waals surface area (Å²) in [5.74, 6) is -0.915. The molecule has 1 amide bonds. The van der Waals surface area contributed by atoms with Crippen LogP contribution in [0, 0.1) is 12.7 Å². The van der Waals surface area contributed by atoms with Gasteiger partial charge >= 0.3 is 0 Å². The van der Waals surface area contributed by atoms with Crippen LogP contribution < -0.4 is 10.7 Å². The molecule has 0 spiro atoms. The molecule has 1 unspecified atom stereocenters. The van der Waals surface area contributed by atoms with E-state index >= 15 is 0 Å². The second-order valence-corrected chi connectivity index (χ2v) is 5.92. The maximum absolute atomic E-state index is 14.1. The maximum Gasteiger partial charge on any atom is 0.278 e. The Morgan fingerprint density at radius 2 is 2.12 bits per heavy atom. The molecule has 1 N–H and O–H groups in total. The van der Waals surface area contributed by atoms with Crippen LogP contribution in [0.4, 0.5) is 4.39 Å². The summed E-state index contributed by atoms with van der Waals surface area (Å²) in [6.45, 7) is 3.18. The van der Waals surface area contributed by atoms with Gasteiger partial charge in [-0.1, -0.05) is 12.1 Å². The summed E-state index contributed by atoms with van der Waals surface area (Å²) in [6, 6.07) is 7.46. The third-order valence-corrected chi connectivity index (χ3v) is 4.29. The normalized spacial score (nSPS) is 16.4. The number of benzene rings is 1. The van der Waals surface area contributed by atoms with Gasteiger partial charge in [-0.05, 0) is 32.0 Å². The van der Waals surface area contributed by atoms with Crippen molar-refractivity contribution in [3.63, 3.8) is 0 Å². The topological polar surface area (TPSA) is 67.2 Å². The van der Waals surface area contributed by atoms with E-state index in [-0.39, 0.29) is 29.8 Å². The number of para-hydroxylation sites is 1. The van der Waals surface area contributed by atoms with Crippen molar-refractivity contribution in [3.8, 4) is 5.69 Å². The Balaban J connectivity index is 0.00000225. The molecule has 1 saturated heterocycles. The predicted molar refractivity (Wildman–Crippen MR) is 95.1 cm³/mol. The van der Waals surface area contributed by atoms with Gasteiger partial charge in [0, 0.05) is 31.4 Å². The molecule has 134 valence electrons. The second-order valence-electron chi connectivity index (χ2n) is 5.92. The van der Waals surface area contributed by atoms with Gasteiger partial charge in [-0.25, -0.2) is 9.07 Å². The van der Waals surface area contributed by atoms with E-state index in [4.69, 9.17) is 0 Å². The minimum Gasteiger partial charge on any atom is -0.336 e. The second kappa shape index (κ2) is 7.76. The number of hydrogen-bond acceptors (Lipinski definition) is 4. The molecule has 1 aromatic heterocycles. The lowest BCUT2D eigenvalue weighted by molar-refractivity contribution is 0.0734. The Labute approximate surface area is 151 Å². The van der Waals surface area contributed by atoms with E-state index in [2.05, 4.69) is 10.4 Å². The number of nitrogens with zero attached hydrogens (tertiary/aromatic N) is 3. The molecule has 2 aromatic rings. The Morgan fingerprint density at radius 1 is 1.40 bits per heavy atom. The molecule has 0 aliphatic carbocycles. The summed E-state index contributed by atoms with van der Waals surface area (Å²) in [5, 5.41) is 7.33. The standard InChI is InChI=1S/C17H19FN4O2.ClH/c1-11-9-15(23)16(17(24)21(2)12-7-8-19-10-12)20-22(11)14-6-4-3-5-13(14)18;/h3-6,9,12,19H,7-8,10H2,1-2H3;1H.